The molecule has 0 fully saturated rings. The summed E-state index contributed by atoms with van der Waals surface area (Å²) in [5, 5.41) is 0. The van der Waals surface area contributed by atoms with Crippen molar-refractivity contribution in [3.8, 4) is 5.75 Å². The number of carbonyl (C=O) groups is 1. The highest BCUT2D eigenvalue weighted by Gasteiger charge is 2.18. The van der Waals surface area contributed by atoms with Crippen LogP contribution in [0.25, 0.3) is 0 Å². The molecule has 1 aromatic rings. The molecule has 0 bridgehead atoms. The van der Waals surface area contributed by atoms with Crippen molar-refractivity contribution in [2.45, 2.75) is 12.8 Å². The van der Waals surface area contributed by atoms with Gasteiger partial charge in [-0.3, -0.25) is 4.79 Å². The van der Waals surface area contributed by atoms with Gasteiger partial charge < -0.3 is 4.74 Å². The molecule has 0 radical (unpaired) electrons. The van der Waals surface area contributed by atoms with Crippen molar-refractivity contribution < 1.29 is 9.53 Å². The van der Waals surface area contributed by atoms with Crippen LogP contribution in [0.5, 0.6) is 5.75 Å². The molecule has 2 rings (SSSR count). The summed E-state index contributed by atoms with van der Waals surface area (Å²) < 4.78 is 6.06. The molecule has 0 aliphatic carbocycles. The van der Waals surface area contributed by atoms with E-state index in [-0.39, 0.29) is 5.97 Å². The number of carbonyl (C=O) groups excluding carboxylic acids is 1. The van der Waals surface area contributed by atoms with Crippen LogP contribution in [-0.4, -0.2) is 5.97 Å². The van der Waals surface area contributed by atoms with Crippen LogP contribution in [0.4, 0.5) is 0 Å². The Morgan fingerprint density at radius 1 is 1.33 bits per heavy atom. The minimum absolute atomic E-state index is 0.138. The molecule has 2 nitrogen and oxygen atoms in total. The Labute approximate surface area is 78.7 Å². The van der Waals surface area contributed by atoms with Crippen LogP contribution in [0.1, 0.15) is 12.0 Å². The lowest BCUT2D eigenvalue weighted by Crippen LogP contribution is -2.15. The Hall–Kier alpha value is -0.830. The summed E-state index contributed by atoms with van der Waals surface area (Å²) in [6.45, 7) is 0. The Bertz CT molecular complexity index is 333. The van der Waals surface area contributed by atoms with Crippen molar-refractivity contribution in [1.29, 1.82) is 0 Å². The van der Waals surface area contributed by atoms with E-state index in [1.807, 2.05) is 18.2 Å². The lowest BCUT2D eigenvalue weighted by molar-refractivity contribution is -0.135. The first kappa shape index (κ1) is 7.80. The Morgan fingerprint density at radius 3 is 3.00 bits per heavy atom. The van der Waals surface area contributed by atoms with Gasteiger partial charge in [0, 0.05) is 10.0 Å². The standard InChI is InChI=1S/C9H7BrO2/c10-7-2-1-3-8-6(7)4-5-9(11)12-8/h1-3H,4-5H2. The van der Waals surface area contributed by atoms with Gasteiger partial charge in [0.15, 0.2) is 0 Å². The largest absolute Gasteiger partial charge is 0.426 e. The summed E-state index contributed by atoms with van der Waals surface area (Å²) in [5.74, 6) is 0.557. The van der Waals surface area contributed by atoms with Crippen LogP contribution >= 0.6 is 15.9 Å². The van der Waals surface area contributed by atoms with Crippen LogP contribution in [-0.2, 0) is 11.2 Å². The Morgan fingerprint density at radius 2 is 2.17 bits per heavy atom. The second-order valence-electron chi connectivity index (χ2n) is 2.69. The third-order valence-electron chi connectivity index (χ3n) is 1.88. The van der Waals surface area contributed by atoms with E-state index in [1.54, 1.807) is 0 Å². The predicted molar refractivity (Wildman–Crippen MR) is 48.1 cm³/mol. The highest BCUT2D eigenvalue weighted by Crippen LogP contribution is 2.31. The van der Waals surface area contributed by atoms with Gasteiger partial charge >= 0.3 is 5.97 Å². The summed E-state index contributed by atoms with van der Waals surface area (Å²) in [6.07, 6.45) is 1.26. The fraction of sp³-hybridized carbons (Fsp3) is 0.222. The van der Waals surface area contributed by atoms with E-state index in [9.17, 15) is 4.79 Å². The molecule has 1 aromatic carbocycles. The van der Waals surface area contributed by atoms with E-state index in [0.29, 0.717) is 12.2 Å². The molecule has 1 heterocycles. The van der Waals surface area contributed by atoms with Crippen LogP contribution in [0, 0.1) is 0 Å². The molecule has 0 unspecified atom stereocenters. The molecule has 0 amide bonds. The van der Waals surface area contributed by atoms with Crippen LogP contribution in [0.2, 0.25) is 0 Å². The molecular formula is C9H7BrO2. The highest BCUT2D eigenvalue weighted by atomic mass is 79.9. The average Bonchev–Trinajstić information content (AvgIpc) is 2.04. The fourth-order valence-corrected chi connectivity index (χ4v) is 1.82. The molecule has 0 saturated carbocycles. The van der Waals surface area contributed by atoms with Gasteiger partial charge in [0.25, 0.3) is 0 Å². The number of ether oxygens (including phenoxy) is 1. The maximum Gasteiger partial charge on any atom is 0.311 e. The van der Waals surface area contributed by atoms with E-state index in [1.165, 1.54) is 0 Å². The van der Waals surface area contributed by atoms with E-state index < -0.39 is 0 Å². The predicted octanol–water partition coefficient (Wildman–Crippen LogP) is 2.30. The Kier molecular flexibility index (Phi) is 1.89. The van der Waals surface area contributed by atoms with Crippen molar-refractivity contribution in [3.05, 3.63) is 28.2 Å². The third-order valence-corrected chi connectivity index (χ3v) is 2.62. The quantitative estimate of drug-likeness (QED) is 0.502. The van der Waals surface area contributed by atoms with Crippen molar-refractivity contribution in [1.82, 2.24) is 0 Å². The second kappa shape index (κ2) is 2.90. The lowest BCUT2D eigenvalue weighted by Gasteiger charge is -2.15. The molecule has 12 heavy (non-hydrogen) atoms. The zero-order valence-electron chi connectivity index (χ0n) is 6.34. The van der Waals surface area contributed by atoms with E-state index in [2.05, 4.69) is 15.9 Å². The SMILES string of the molecule is O=C1CCc2c(Br)cccc2O1. The van der Waals surface area contributed by atoms with Crippen molar-refractivity contribution in [2.24, 2.45) is 0 Å². The molecule has 1 aliphatic rings. The molecule has 3 heteroatoms. The smallest absolute Gasteiger partial charge is 0.311 e. The minimum atomic E-state index is -0.138. The molecular weight excluding hydrogens is 220 g/mol. The number of hydrogen-bond acceptors (Lipinski definition) is 2. The fourth-order valence-electron chi connectivity index (χ4n) is 1.28. The lowest BCUT2D eigenvalue weighted by atomic mass is 10.1. The van der Waals surface area contributed by atoms with E-state index >= 15 is 0 Å². The van der Waals surface area contributed by atoms with E-state index in [4.69, 9.17) is 4.74 Å². The van der Waals surface area contributed by atoms with Gasteiger partial charge in [0.05, 0.1) is 6.42 Å². The number of halogens is 1. The molecule has 0 aromatic heterocycles. The third kappa shape index (κ3) is 1.25. The first-order valence-electron chi connectivity index (χ1n) is 3.75. The number of benzene rings is 1. The van der Waals surface area contributed by atoms with Crippen LogP contribution in [0.3, 0.4) is 0 Å². The van der Waals surface area contributed by atoms with Gasteiger partial charge in [0.1, 0.15) is 5.75 Å². The highest BCUT2D eigenvalue weighted by molar-refractivity contribution is 9.10. The maximum absolute atomic E-state index is 10.9. The molecule has 0 N–H and O–H groups in total. The number of rotatable bonds is 0. The van der Waals surface area contributed by atoms with Gasteiger partial charge in [-0.05, 0) is 18.6 Å². The van der Waals surface area contributed by atoms with Crippen molar-refractivity contribution in [2.75, 3.05) is 0 Å². The number of hydrogen-bond donors (Lipinski definition) is 0. The molecule has 1 aliphatic heterocycles. The zero-order chi connectivity index (χ0) is 8.55. The zero-order valence-corrected chi connectivity index (χ0v) is 7.93. The second-order valence-corrected chi connectivity index (χ2v) is 3.54. The van der Waals surface area contributed by atoms with Crippen LogP contribution in [0.15, 0.2) is 22.7 Å². The Balaban J connectivity index is 2.48. The summed E-state index contributed by atoms with van der Waals surface area (Å²) in [6, 6.07) is 5.64. The van der Waals surface area contributed by atoms with Gasteiger partial charge in [-0.2, -0.15) is 0 Å². The molecule has 62 valence electrons. The normalized spacial score (nSPS) is 15.2. The maximum atomic E-state index is 10.9. The summed E-state index contributed by atoms with van der Waals surface area (Å²) in [5.41, 5.74) is 1.09. The van der Waals surface area contributed by atoms with Gasteiger partial charge in [-0.1, -0.05) is 22.0 Å². The molecule has 0 atom stereocenters. The summed E-state index contributed by atoms with van der Waals surface area (Å²) >= 11 is 3.41. The number of esters is 1. The molecule has 0 spiro atoms. The minimum Gasteiger partial charge on any atom is -0.426 e. The van der Waals surface area contributed by atoms with Gasteiger partial charge in [-0.25, -0.2) is 0 Å². The number of fused-ring (bicyclic) bond motifs is 1. The van der Waals surface area contributed by atoms with Crippen molar-refractivity contribution >= 4 is 21.9 Å². The first-order chi connectivity index (χ1) is 5.77. The summed E-state index contributed by atoms with van der Waals surface area (Å²) in [7, 11) is 0. The first-order valence-corrected chi connectivity index (χ1v) is 4.55. The molecule has 0 saturated heterocycles. The van der Waals surface area contributed by atoms with Crippen LogP contribution < -0.4 is 4.74 Å². The topological polar surface area (TPSA) is 26.3 Å². The van der Waals surface area contributed by atoms with Gasteiger partial charge in [0.2, 0.25) is 0 Å². The monoisotopic (exact) mass is 226 g/mol. The van der Waals surface area contributed by atoms with Crippen molar-refractivity contribution in [3.63, 3.8) is 0 Å². The summed E-state index contributed by atoms with van der Waals surface area (Å²) in [4.78, 5) is 10.9. The van der Waals surface area contributed by atoms with E-state index in [0.717, 1.165) is 16.5 Å². The van der Waals surface area contributed by atoms with Gasteiger partial charge in [-0.15, -0.1) is 0 Å². The average molecular weight is 227 g/mol.